The highest BCUT2D eigenvalue weighted by Gasteiger charge is 2.33. The summed E-state index contributed by atoms with van der Waals surface area (Å²) in [6, 6.07) is 9.87. The summed E-state index contributed by atoms with van der Waals surface area (Å²) >= 11 is 4.84. The molecule has 1 aromatic heterocycles. The van der Waals surface area contributed by atoms with Crippen LogP contribution in [0.15, 0.2) is 34.8 Å². The molecule has 0 bridgehead atoms. The topological polar surface area (TPSA) is 46.6 Å². The number of benzene rings is 1. The molecule has 3 rings (SSSR count). The van der Waals surface area contributed by atoms with Crippen molar-refractivity contribution >= 4 is 44.8 Å². The number of thiophene rings is 1. The van der Waals surface area contributed by atoms with E-state index in [-0.39, 0.29) is 17.9 Å². The van der Waals surface area contributed by atoms with Gasteiger partial charge in [0, 0.05) is 21.3 Å². The number of hydrogen-bond acceptors (Lipinski definition) is 4. The van der Waals surface area contributed by atoms with Gasteiger partial charge in [-0.3, -0.25) is 4.79 Å². The second-order valence-electron chi connectivity index (χ2n) is 8.08. The van der Waals surface area contributed by atoms with Crippen LogP contribution in [0.25, 0.3) is 10.4 Å². The SMILES string of the molecule is COC(=O)c1sc(-c2ccc(Br)cc2)cc1N(C(=O)[C@H]1CC[C@H](C)CC1)C(C)C. The average Bonchev–Trinajstić information content (AvgIpc) is 3.13. The van der Waals surface area contributed by atoms with Crippen LogP contribution in [-0.2, 0) is 9.53 Å². The number of anilines is 1. The number of esters is 1. The zero-order valence-electron chi connectivity index (χ0n) is 17.4. The van der Waals surface area contributed by atoms with Gasteiger partial charge in [0.1, 0.15) is 4.88 Å². The molecule has 29 heavy (non-hydrogen) atoms. The van der Waals surface area contributed by atoms with E-state index in [0.717, 1.165) is 40.6 Å². The number of amides is 1. The molecule has 1 aliphatic rings. The summed E-state index contributed by atoms with van der Waals surface area (Å²) in [5, 5.41) is 0. The largest absolute Gasteiger partial charge is 0.465 e. The Morgan fingerprint density at radius 2 is 1.76 bits per heavy atom. The number of halogens is 1. The molecule has 1 aliphatic carbocycles. The Kier molecular flexibility index (Phi) is 7.17. The summed E-state index contributed by atoms with van der Waals surface area (Å²) in [6.45, 7) is 6.25. The van der Waals surface area contributed by atoms with Crippen LogP contribution in [0, 0.1) is 11.8 Å². The Morgan fingerprint density at radius 1 is 1.14 bits per heavy atom. The molecule has 0 unspecified atom stereocenters. The van der Waals surface area contributed by atoms with Gasteiger partial charge in [0.25, 0.3) is 0 Å². The van der Waals surface area contributed by atoms with Crippen LogP contribution in [0.2, 0.25) is 0 Å². The van der Waals surface area contributed by atoms with Crippen molar-refractivity contribution in [3.8, 4) is 10.4 Å². The summed E-state index contributed by atoms with van der Waals surface area (Å²) in [5.74, 6) is 0.429. The molecule has 0 radical (unpaired) electrons. The smallest absolute Gasteiger partial charge is 0.350 e. The molecule has 0 atom stereocenters. The molecule has 4 nitrogen and oxygen atoms in total. The first-order chi connectivity index (χ1) is 13.8. The molecule has 1 aromatic carbocycles. The van der Waals surface area contributed by atoms with Crippen LogP contribution in [0.5, 0.6) is 0 Å². The van der Waals surface area contributed by atoms with Crippen molar-refractivity contribution in [3.05, 3.63) is 39.7 Å². The van der Waals surface area contributed by atoms with E-state index in [9.17, 15) is 9.59 Å². The molecule has 2 aromatic rings. The Morgan fingerprint density at radius 3 is 2.31 bits per heavy atom. The van der Waals surface area contributed by atoms with Gasteiger partial charge in [0.05, 0.1) is 12.8 Å². The third-order valence-corrected chi connectivity index (χ3v) is 7.27. The van der Waals surface area contributed by atoms with Crippen LogP contribution in [0.4, 0.5) is 5.69 Å². The van der Waals surface area contributed by atoms with Gasteiger partial charge < -0.3 is 9.64 Å². The summed E-state index contributed by atoms with van der Waals surface area (Å²) in [7, 11) is 1.38. The second kappa shape index (κ2) is 9.43. The Bertz CT molecular complexity index is 867. The maximum atomic E-state index is 13.5. The lowest BCUT2D eigenvalue weighted by Gasteiger charge is -2.33. The first-order valence-electron chi connectivity index (χ1n) is 10.1. The minimum atomic E-state index is -0.399. The first-order valence-corrected chi connectivity index (χ1v) is 11.7. The summed E-state index contributed by atoms with van der Waals surface area (Å²) in [6.07, 6.45) is 4.00. The maximum absolute atomic E-state index is 13.5. The third-order valence-electron chi connectivity index (χ3n) is 5.59. The van der Waals surface area contributed by atoms with E-state index in [0.29, 0.717) is 16.5 Å². The van der Waals surface area contributed by atoms with Gasteiger partial charge in [0.15, 0.2) is 0 Å². The fourth-order valence-electron chi connectivity index (χ4n) is 3.91. The number of methoxy groups -OCH3 is 1. The van der Waals surface area contributed by atoms with Gasteiger partial charge in [0.2, 0.25) is 5.91 Å². The number of carbonyl (C=O) groups is 2. The van der Waals surface area contributed by atoms with E-state index >= 15 is 0 Å². The van der Waals surface area contributed by atoms with E-state index < -0.39 is 5.97 Å². The fourth-order valence-corrected chi connectivity index (χ4v) is 5.25. The van der Waals surface area contributed by atoms with Crippen LogP contribution >= 0.6 is 27.3 Å². The Labute approximate surface area is 185 Å². The van der Waals surface area contributed by atoms with Gasteiger partial charge in [-0.1, -0.05) is 35.0 Å². The molecule has 1 saturated carbocycles. The lowest BCUT2D eigenvalue weighted by atomic mass is 9.82. The fraction of sp³-hybridized carbons (Fsp3) is 0.478. The number of rotatable bonds is 5. The van der Waals surface area contributed by atoms with Gasteiger partial charge in [-0.2, -0.15) is 0 Å². The standard InChI is InChI=1S/C23H28BrNO3S/c1-14(2)25(22(26)17-7-5-15(3)6-8-17)19-13-20(29-21(19)23(27)28-4)16-9-11-18(24)12-10-16/h9-15,17H,5-8H2,1-4H3/t15-,17-. The number of nitrogens with zero attached hydrogens (tertiary/aromatic N) is 1. The van der Waals surface area contributed by atoms with Crippen molar-refractivity contribution in [2.24, 2.45) is 11.8 Å². The molecule has 0 N–H and O–H groups in total. The zero-order chi connectivity index (χ0) is 21.1. The lowest BCUT2D eigenvalue weighted by Crippen LogP contribution is -2.42. The average molecular weight is 478 g/mol. The number of ether oxygens (including phenoxy) is 1. The Hall–Kier alpha value is -1.66. The molecule has 1 amide bonds. The highest BCUT2D eigenvalue weighted by Crippen LogP contribution is 2.40. The minimum Gasteiger partial charge on any atom is -0.465 e. The molecule has 1 fully saturated rings. The summed E-state index contributed by atoms with van der Waals surface area (Å²) in [4.78, 5) is 29.3. The van der Waals surface area contributed by atoms with E-state index in [1.54, 1.807) is 0 Å². The monoisotopic (exact) mass is 477 g/mol. The molecular formula is C23H28BrNO3S. The second-order valence-corrected chi connectivity index (χ2v) is 10.1. The van der Waals surface area contributed by atoms with Crippen LogP contribution in [-0.4, -0.2) is 25.0 Å². The molecule has 0 aliphatic heterocycles. The third kappa shape index (κ3) is 4.92. The van der Waals surface area contributed by atoms with Gasteiger partial charge in [-0.15, -0.1) is 11.3 Å². The predicted molar refractivity (Wildman–Crippen MR) is 123 cm³/mol. The number of hydrogen-bond donors (Lipinski definition) is 0. The van der Waals surface area contributed by atoms with Crippen molar-refractivity contribution in [1.29, 1.82) is 0 Å². The molecule has 6 heteroatoms. The van der Waals surface area contributed by atoms with E-state index in [1.807, 2.05) is 49.1 Å². The molecule has 1 heterocycles. The van der Waals surface area contributed by atoms with E-state index in [2.05, 4.69) is 22.9 Å². The predicted octanol–water partition coefficient (Wildman–Crippen LogP) is 6.53. The van der Waals surface area contributed by atoms with Crippen LogP contribution < -0.4 is 4.90 Å². The first kappa shape index (κ1) is 22.0. The van der Waals surface area contributed by atoms with Crippen molar-refractivity contribution in [2.75, 3.05) is 12.0 Å². The quantitative estimate of drug-likeness (QED) is 0.459. The highest BCUT2D eigenvalue weighted by atomic mass is 79.9. The van der Waals surface area contributed by atoms with Crippen molar-refractivity contribution < 1.29 is 14.3 Å². The van der Waals surface area contributed by atoms with Gasteiger partial charge in [-0.05, 0) is 69.2 Å². The van der Waals surface area contributed by atoms with Crippen molar-refractivity contribution in [2.45, 2.75) is 52.5 Å². The maximum Gasteiger partial charge on any atom is 0.350 e. The van der Waals surface area contributed by atoms with Gasteiger partial charge in [-0.25, -0.2) is 4.79 Å². The molecular weight excluding hydrogens is 450 g/mol. The molecule has 0 spiro atoms. The van der Waals surface area contributed by atoms with Crippen molar-refractivity contribution in [1.82, 2.24) is 0 Å². The highest BCUT2D eigenvalue weighted by molar-refractivity contribution is 9.10. The Balaban J connectivity index is 2.01. The van der Waals surface area contributed by atoms with Crippen LogP contribution in [0.1, 0.15) is 56.1 Å². The molecule has 0 saturated heterocycles. The van der Waals surface area contributed by atoms with Crippen LogP contribution in [0.3, 0.4) is 0 Å². The van der Waals surface area contributed by atoms with E-state index in [4.69, 9.17) is 4.74 Å². The normalized spacial score (nSPS) is 19.2. The van der Waals surface area contributed by atoms with Gasteiger partial charge >= 0.3 is 5.97 Å². The van der Waals surface area contributed by atoms with E-state index in [1.165, 1.54) is 18.4 Å². The lowest BCUT2D eigenvalue weighted by molar-refractivity contribution is -0.123. The zero-order valence-corrected chi connectivity index (χ0v) is 19.8. The number of carbonyl (C=O) groups excluding carboxylic acids is 2. The minimum absolute atomic E-state index is 0.0233. The molecule has 156 valence electrons. The summed E-state index contributed by atoms with van der Waals surface area (Å²) in [5.41, 5.74) is 1.68. The van der Waals surface area contributed by atoms with Crippen molar-refractivity contribution in [3.63, 3.8) is 0 Å². The summed E-state index contributed by atoms with van der Waals surface area (Å²) < 4.78 is 6.04.